The molecule has 130 valence electrons. The Morgan fingerprint density at radius 3 is 2.21 bits per heavy atom. The van der Waals surface area contributed by atoms with Crippen molar-refractivity contribution in [2.75, 3.05) is 13.2 Å². The summed E-state index contributed by atoms with van der Waals surface area (Å²) < 4.78 is 24.4. The first-order valence-corrected chi connectivity index (χ1v) is 9.82. The Morgan fingerprint density at radius 1 is 1.04 bits per heavy atom. The van der Waals surface area contributed by atoms with Crippen LogP contribution < -0.4 is 5.32 Å². The van der Waals surface area contributed by atoms with Crippen LogP contribution in [0.5, 0.6) is 0 Å². The quantitative estimate of drug-likeness (QED) is 0.666. The van der Waals surface area contributed by atoms with Gasteiger partial charge in [-0.2, -0.15) is 0 Å². The van der Waals surface area contributed by atoms with Crippen molar-refractivity contribution in [2.24, 2.45) is 0 Å². The average molecular weight is 348 g/mol. The van der Waals surface area contributed by atoms with Crippen molar-refractivity contribution in [2.45, 2.75) is 32.6 Å². The number of nitrogens with one attached hydrogen (secondary N) is 1. The van der Waals surface area contributed by atoms with Crippen LogP contribution in [0.4, 0.5) is 0 Å². The predicted molar refractivity (Wildman–Crippen MR) is 95.8 cm³/mol. The maximum absolute atomic E-state index is 13.3. The minimum absolute atomic E-state index is 0.0348. The van der Waals surface area contributed by atoms with E-state index in [2.05, 4.69) is 10.3 Å². The van der Waals surface area contributed by atoms with Gasteiger partial charge in [-0.05, 0) is 38.5 Å². The first kappa shape index (κ1) is 18.8. The molecule has 0 bridgehead atoms. The topological polar surface area (TPSA) is 60.5 Å². The zero-order valence-electron chi connectivity index (χ0n) is 14.4. The zero-order valence-corrected chi connectivity index (χ0v) is 15.3. The van der Waals surface area contributed by atoms with E-state index in [-0.39, 0.29) is 6.04 Å². The fourth-order valence-electron chi connectivity index (χ4n) is 2.50. The molecule has 0 fully saturated rings. The third-order valence-corrected chi connectivity index (χ3v) is 5.89. The molecule has 0 saturated heterocycles. The van der Waals surface area contributed by atoms with E-state index >= 15 is 0 Å². The molecule has 2 rings (SSSR count). The van der Waals surface area contributed by atoms with E-state index < -0.39 is 13.4 Å². The first-order valence-electron chi connectivity index (χ1n) is 8.21. The van der Waals surface area contributed by atoms with Crippen LogP contribution in [0.25, 0.3) is 0 Å². The van der Waals surface area contributed by atoms with Crippen LogP contribution >= 0.6 is 7.60 Å². The minimum atomic E-state index is -3.40. The highest BCUT2D eigenvalue weighted by molar-refractivity contribution is 7.54. The van der Waals surface area contributed by atoms with Crippen LogP contribution in [0, 0.1) is 0 Å². The predicted octanol–water partition coefficient (Wildman–Crippen LogP) is 4.70. The second kappa shape index (κ2) is 9.09. The third kappa shape index (κ3) is 4.74. The van der Waals surface area contributed by atoms with E-state index in [4.69, 9.17) is 9.05 Å². The fourth-order valence-corrected chi connectivity index (χ4v) is 4.47. The van der Waals surface area contributed by atoms with Crippen molar-refractivity contribution in [1.82, 2.24) is 10.3 Å². The van der Waals surface area contributed by atoms with Gasteiger partial charge >= 0.3 is 7.60 Å². The summed E-state index contributed by atoms with van der Waals surface area (Å²) in [6, 6.07) is 15.5. The number of aromatic nitrogens is 1. The summed E-state index contributed by atoms with van der Waals surface area (Å²) in [5, 5.41) is 3.38. The van der Waals surface area contributed by atoms with Gasteiger partial charge in [-0.1, -0.05) is 36.4 Å². The highest BCUT2D eigenvalue weighted by Crippen LogP contribution is 2.59. The van der Waals surface area contributed by atoms with E-state index in [0.717, 1.165) is 5.56 Å². The SMILES string of the molecule is CCOP(=O)(OCC)C(N[C@@H](C)c1ccccc1)c1ccccn1. The molecule has 0 aliphatic heterocycles. The Kier molecular flexibility index (Phi) is 7.13. The molecule has 2 atom stereocenters. The molecule has 2 aromatic rings. The lowest BCUT2D eigenvalue weighted by molar-refractivity contribution is 0.205. The van der Waals surface area contributed by atoms with Crippen molar-refractivity contribution in [3.05, 3.63) is 66.0 Å². The van der Waals surface area contributed by atoms with E-state index in [1.165, 1.54) is 0 Å². The lowest BCUT2D eigenvalue weighted by Crippen LogP contribution is -2.27. The monoisotopic (exact) mass is 348 g/mol. The molecule has 1 N–H and O–H groups in total. The molecule has 0 spiro atoms. The van der Waals surface area contributed by atoms with Crippen LogP contribution in [-0.4, -0.2) is 18.2 Å². The normalized spacial score (nSPS) is 14.3. The summed E-state index contributed by atoms with van der Waals surface area (Å²) in [5.74, 6) is -0.631. The van der Waals surface area contributed by atoms with Crippen LogP contribution in [0.15, 0.2) is 54.7 Å². The minimum Gasteiger partial charge on any atom is -0.308 e. The molecule has 0 aliphatic rings. The number of rotatable bonds is 9. The van der Waals surface area contributed by atoms with Crippen LogP contribution in [0.3, 0.4) is 0 Å². The number of benzene rings is 1. The van der Waals surface area contributed by atoms with Crippen molar-refractivity contribution in [3.8, 4) is 0 Å². The molecule has 0 amide bonds. The molecule has 0 aliphatic carbocycles. The highest BCUT2D eigenvalue weighted by Gasteiger charge is 2.38. The van der Waals surface area contributed by atoms with Gasteiger partial charge in [0.15, 0.2) is 5.78 Å². The Morgan fingerprint density at radius 2 is 1.67 bits per heavy atom. The standard InChI is InChI=1S/C18H25N2O3P/c1-4-22-24(21,23-5-2)18(17-13-9-10-14-19-17)20-15(3)16-11-7-6-8-12-16/h6-15,18,20H,4-5H2,1-3H3/t15-,18?/m0/s1. The van der Waals surface area contributed by atoms with E-state index in [1.807, 2.05) is 69.3 Å². The van der Waals surface area contributed by atoms with E-state index in [9.17, 15) is 4.57 Å². The number of hydrogen-bond acceptors (Lipinski definition) is 5. The van der Waals surface area contributed by atoms with Gasteiger partial charge in [-0.3, -0.25) is 14.9 Å². The molecule has 24 heavy (non-hydrogen) atoms. The van der Waals surface area contributed by atoms with E-state index in [0.29, 0.717) is 18.9 Å². The van der Waals surface area contributed by atoms with E-state index in [1.54, 1.807) is 6.20 Å². The molecule has 1 heterocycles. The van der Waals surface area contributed by atoms with Gasteiger partial charge < -0.3 is 9.05 Å². The van der Waals surface area contributed by atoms with Crippen molar-refractivity contribution in [1.29, 1.82) is 0 Å². The second-order valence-corrected chi connectivity index (χ2v) is 7.44. The van der Waals surface area contributed by atoms with Gasteiger partial charge in [-0.25, -0.2) is 0 Å². The number of hydrogen-bond donors (Lipinski definition) is 1. The molecule has 6 heteroatoms. The molecule has 1 unspecified atom stereocenters. The number of pyridine rings is 1. The molecule has 1 aromatic carbocycles. The Labute approximate surface area is 144 Å². The maximum Gasteiger partial charge on any atom is 0.353 e. The smallest absolute Gasteiger partial charge is 0.308 e. The molecular weight excluding hydrogens is 323 g/mol. The van der Waals surface area contributed by atoms with Crippen molar-refractivity contribution in [3.63, 3.8) is 0 Å². The first-order chi connectivity index (χ1) is 11.6. The van der Waals surface area contributed by atoms with Crippen molar-refractivity contribution < 1.29 is 13.6 Å². The molecule has 0 radical (unpaired) electrons. The maximum atomic E-state index is 13.3. The third-order valence-electron chi connectivity index (χ3n) is 3.61. The average Bonchev–Trinajstić information content (AvgIpc) is 2.61. The van der Waals surface area contributed by atoms with Gasteiger partial charge in [0.25, 0.3) is 0 Å². The molecule has 0 saturated carbocycles. The van der Waals surface area contributed by atoms with Gasteiger partial charge in [0, 0.05) is 12.2 Å². The summed E-state index contributed by atoms with van der Waals surface area (Å²) in [5.41, 5.74) is 1.74. The summed E-state index contributed by atoms with van der Waals surface area (Å²) in [4.78, 5) is 4.36. The molecule has 5 nitrogen and oxygen atoms in total. The highest BCUT2D eigenvalue weighted by atomic mass is 31.2. The van der Waals surface area contributed by atoms with Gasteiger partial charge in [0.05, 0.1) is 18.9 Å². The van der Waals surface area contributed by atoms with Crippen LogP contribution in [0.1, 0.15) is 43.9 Å². The van der Waals surface area contributed by atoms with Crippen LogP contribution in [-0.2, 0) is 13.6 Å². The number of nitrogens with zero attached hydrogens (tertiary/aromatic N) is 1. The van der Waals surface area contributed by atoms with Gasteiger partial charge in [0.1, 0.15) is 0 Å². The summed E-state index contributed by atoms with van der Waals surface area (Å²) >= 11 is 0. The largest absolute Gasteiger partial charge is 0.353 e. The summed E-state index contributed by atoms with van der Waals surface area (Å²) in [6.45, 7) is 6.25. The second-order valence-electron chi connectivity index (χ2n) is 5.33. The summed E-state index contributed by atoms with van der Waals surface area (Å²) in [7, 11) is -3.40. The molecular formula is C18H25N2O3P. The fraction of sp³-hybridized carbons (Fsp3) is 0.389. The van der Waals surface area contributed by atoms with Crippen molar-refractivity contribution >= 4 is 7.60 Å². The van der Waals surface area contributed by atoms with Crippen LogP contribution in [0.2, 0.25) is 0 Å². The lowest BCUT2D eigenvalue weighted by atomic mass is 10.1. The Bertz CT molecular complexity index is 642. The Hall–Kier alpha value is -1.52. The molecule has 1 aromatic heterocycles. The van der Waals surface area contributed by atoms with Gasteiger partial charge in [-0.15, -0.1) is 0 Å². The zero-order chi connectivity index (χ0) is 17.4. The van der Waals surface area contributed by atoms with Gasteiger partial charge in [0.2, 0.25) is 0 Å². The Balaban J connectivity index is 2.34. The lowest BCUT2D eigenvalue weighted by Gasteiger charge is -2.29. The summed E-state index contributed by atoms with van der Waals surface area (Å²) in [6.07, 6.45) is 1.68.